The zero-order valence-electron chi connectivity index (χ0n) is 12.5. The second-order valence-electron chi connectivity index (χ2n) is 5.65. The first-order valence-electron chi connectivity index (χ1n) is 6.83. The molecular formula is C14H19NO5S2. The second kappa shape index (κ2) is 6.00. The molecule has 0 aromatic heterocycles. The molecule has 1 aliphatic heterocycles. The predicted molar refractivity (Wildman–Crippen MR) is 83.1 cm³/mol. The highest BCUT2D eigenvalue weighted by molar-refractivity contribution is 7.91. The fourth-order valence-electron chi connectivity index (χ4n) is 2.44. The van der Waals surface area contributed by atoms with Crippen LogP contribution in [-0.4, -0.2) is 58.5 Å². The summed E-state index contributed by atoms with van der Waals surface area (Å²) in [5, 5.41) is 0. The van der Waals surface area contributed by atoms with Crippen LogP contribution >= 0.6 is 0 Å². The summed E-state index contributed by atoms with van der Waals surface area (Å²) in [5.41, 5.74) is 0.699. The fraction of sp³-hybridized carbons (Fsp3) is 0.500. The van der Waals surface area contributed by atoms with Crippen molar-refractivity contribution in [1.29, 1.82) is 0 Å². The normalized spacial score (nSPS) is 20.7. The highest BCUT2D eigenvalue weighted by Gasteiger charge is 2.32. The summed E-state index contributed by atoms with van der Waals surface area (Å²) in [7, 11) is -4.67. The Morgan fingerprint density at radius 3 is 2.32 bits per heavy atom. The monoisotopic (exact) mass is 345 g/mol. The first kappa shape index (κ1) is 17.0. The van der Waals surface area contributed by atoms with Crippen LogP contribution in [0.3, 0.4) is 0 Å². The summed E-state index contributed by atoms with van der Waals surface area (Å²) in [6.45, 7) is 0. The second-order valence-corrected chi connectivity index (χ2v) is 9.90. The molecule has 0 aliphatic carbocycles. The molecule has 0 spiro atoms. The lowest BCUT2D eigenvalue weighted by Crippen LogP contribution is -2.38. The average molecular weight is 345 g/mol. The molecule has 1 amide bonds. The van der Waals surface area contributed by atoms with Crippen molar-refractivity contribution >= 4 is 25.6 Å². The molecule has 0 radical (unpaired) electrons. The first-order chi connectivity index (χ1) is 10.1. The van der Waals surface area contributed by atoms with E-state index in [2.05, 4.69) is 0 Å². The van der Waals surface area contributed by atoms with Crippen LogP contribution in [0.25, 0.3) is 0 Å². The van der Waals surface area contributed by atoms with Crippen molar-refractivity contribution in [3.05, 3.63) is 29.8 Å². The summed E-state index contributed by atoms with van der Waals surface area (Å²) in [6.07, 6.45) is 1.72. The third-order valence-corrected chi connectivity index (χ3v) is 6.74. The van der Waals surface area contributed by atoms with Gasteiger partial charge in [0.25, 0.3) is 0 Å². The largest absolute Gasteiger partial charge is 0.341 e. The fourth-order valence-corrected chi connectivity index (χ4v) is 4.84. The van der Waals surface area contributed by atoms with Crippen molar-refractivity contribution in [2.75, 3.05) is 24.8 Å². The van der Waals surface area contributed by atoms with E-state index in [1.807, 2.05) is 0 Å². The van der Waals surface area contributed by atoms with Crippen molar-refractivity contribution in [1.82, 2.24) is 4.90 Å². The molecule has 1 atom stereocenters. The number of sulfone groups is 2. The maximum atomic E-state index is 12.2. The van der Waals surface area contributed by atoms with Gasteiger partial charge in [0.2, 0.25) is 5.91 Å². The molecule has 1 saturated heterocycles. The highest BCUT2D eigenvalue weighted by Crippen LogP contribution is 2.18. The summed E-state index contributed by atoms with van der Waals surface area (Å²) >= 11 is 0. The third kappa shape index (κ3) is 4.07. The van der Waals surface area contributed by atoms with Gasteiger partial charge in [-0.05, 0) is 24.1 Å². The van der Waals surface area contributed by atoms with Gasteiger partial charge in [0.1, 0.15) is 0 Å². The Bertz CT molecular complexity index is 766. The van der Waals surface area contributed by atoms with Gasteiger partial charge < -0.3 is 4.90 Å². The number of likely N-dealkylation sites (N-methyl/N-ethyl adjacent to an activating group) is 1. The quantitative estimate of drug-likeness (QED) is 0.782. The predicted octanol–water partition coefficient (Wildman–Crippen LogP) is 0.278. The zero-order chi connectivity index (χ0) is 16.5. The molecule has 1 heterocycles. The minimum absolute atomic E-state index is 0.0161. The highest BCUT2D eigenvalue weighted by atomic mass is 32.2. The van der Waals surface area contributed by atoms with Crippen LogP contribution in [0, 0.1) is 0 Å². The molecule has 1 fully saturated rings. The number of carbonyl (C=O) groups excluding carboxylic acids is 1. The minimum atomic E-state index is -3.25. The molecule has 0 N–H and O–H groups in total. The lowest BCUT2D eigenvalue weighted by Gasteiger charge is -2.23. The Labute approximate surface area is 131 Å². The van der Waals surface area contributed by atoms with Gasteiger partial charge in [-0.15, -0.1) is 0 Å². The van der Waals surface area contributed by atoms with Crippen LogP contribution in [0.4, 0.5) is 0 Å². The lowest BCUT2D eigenvalue weighted by atomic mass is 10.1. The molecule has 0 bridgehead atoms. The van der Waals surface area contributed by atoms with Gasteiger partial charge in [-0.2, -0.15) is 0 Å². The standard InChI is InChI=1S/C14H19NO5S2/c1-15(12-7-8-22(19,20)10-12)14(16)9-11-3-5-13(6-4-11)21(2,17)18/h3-6,12H,7-10H2,1-2H3. The van der Waals surface area contributed by atoms with Crippen molar-refractivity contribution < 1.29 is 21.6 Å². The van der Waals surface area contributed by atoms with Crippen LogP contribution in [-0.2, 0) is 30.9 Å². The number of carbonyl (C=O) groups is 1. The molecule has 0 saturated carbocycles. The number of nitrogens with zero attached hydrogens (tertiary/aromatic N) is 1. The molecule has 6 nitrogen and oxygen atoms in total. The summed E-state index contributed by atoms with van der Waals surface area (Å²) in [6, 6.07) is 5.88. The number of benzene rings is 1. The van der Waals surface area contributed by atoms with Gasteiger partial charge in [0.05, 0.1) is 22.8 Å². The van der Waals surface area contributed by atoms with E-state index < -0.39 is 19.7 Å². The molecule has 122 valence electrons. The summed E-state index contributed by atoms with van der Waals surface area (Å²) < 4.78 is 45.7. The van der Waals surface area contributed by atoms with Crippen molar-refractivity contribution in [3.63, 3.8) is 0 Å². The zero-order valence-corrected chi connectivity index (χ0v) is 14.2. The van der Waals surface area contributed by atoms with E-state index in [0.717, 1.165) is 6.26 Å². The van der Waals surface area contributed by atoms with Gasteiger partial charge in [0, 0.05) is 19.3 Å². The van der Waals surface area contributed by atoms with E-state index in [-0.39, 0.29) is 34.8 Å². The Hall–Kier alpha value is -1.41. The van der Waals surface area contributed by atoms with E-state index in [1.54, 1.807) is 19.2 Å². The van der Waals surface area contributed by atoms with Crippen LogP contribution in [0.2, 0.25) is 0 Å². The van der Waals surface area contributed by atoms with Gasteiger partial charge in [0.15, 0.2) is 19.7 Å². The SMILES string of the molecule is CN(C(=O)Cc1ccc(S(C)(=O)=O)cc1)C1CCS(=O)(=O)C1. The van der Waals surface area contributed by atoms with Gasteiger partial charge in [-0.25, -0.2) is 16.8 Å². The third-order valence-electron chi connectivity index (χ3n) is 3.86. The summed E-state index contributed by atoms with van der Waals surface area (Å²) in [5.74, 6) is -0.0325. The van der Waals surface area contributed by atoms with Crippen LogP contribution in [0.15, 0.2) is 29.2 Å². The van der Waals surface area contributed by atoms with E-state index >= 15 is 0 Å². The Morgan fingerprint density at radius 2 is 1.86 bits per heavy atom. The molecule has 8 heteroatoms. The molecule has 1 aliphatic rings. The molecule has 2 rings (SSSR count). The van der Waals surface area contributed by atoms with Gasteiger partial charge >= 0.3 is 0 Å². The van der Waals surface area contributed by atoms with Crippen molar-refractivity contribution in [2.24, 2.45) is 0 Å². The number of hydrogen-bond acceptors (Lipinski definition) is 5. The Balaban J connectivity index is 2.03. The number of hydrogen-bond donors (Lipinski definition) is 0. The van der Waals surface area contributed by atoms with Crippen molar-refractivity contribution in [2.45, 2.75) is 23.8 Å². The number of amides is 1. The minimum Gasteiger partial charge on any atom is -0.341 e. The van der Waals surface area contributed by atoms with E-state index in [0.29, 0.717) is 12.0 Å². The Morgan fingerprint density at radius 1 is 1.27 bits per heavy atom. The summed E-state index contributed by atoms with van der Waals surface area (Å²) in [4.78, 5) is 13.9. The van der Waals surface area contributed by atoms with E-state index in [4.69, 9.17) is 0 Å². The molecule has 1 aromatic rings. The van der Waals surface area contributed by atoms with Gasteiger partial charge in [-0.1, -0.05) is 12.1 Å². The molecule has 1 aromatic carbocycles. The van der Waals surface area contributed by atoms with Crippen LogP contribution in [0.5, 0.6) is 0 Å². The average Bonchev–Trinajstić information content (AvgIpc) is 2.77. The molecular weight excluding hydrogens is 326 g/mol. The number of rotatable bonds is 4. The van der Waals surface area contributed by atoms with Crippen LogP contribution < -0.4 is 0 Å². The maximum absolute atomic E-state index is 12.2. The van der Waals surface area contributed by atoms with Crippen LogP contribution in [0.1, 0.15) is 12.0 Å². The topological polar surface area (TPSA) is 88.6 Å². The van der Waals surface area contributed by atoms with E-state index in [9.17, 15) is 21.6 Å². The van der Waals surface area contributed by atoms with E-state index in [1.165, 1.54) is 17.0 Å². The van der Waals surface area contributed by atoms with Gasteiger partial charge in [-0.3, -0.25) is 4.79 Å². The molecule has 22 heavy (non-hydrogen) atoms. The lowest BCUT2D eigenvalue weighted by molar-refractivity contribution is -0.130. The Kier molecular flexibility index (Phi) is 4.62. The first-order valence-corrected chi connectivity index (χ1v) is 10.5. The van der Waals surface area contributed by atoms with Crippen molar-refractivity contribution in [3.8, 4) is 0 Å². The molecule has 1 unspecified atom stereocenters. The maximum Gasteiger partial charge on any atom is 0.227 e. The smallest absolute Gasteiger partial charge is 0.227 e.